The largest absolute Gasteiger partial charge is 0.392 e. The maximum atomic E-state index is 12.5. The Morgan fingerprint density at radius 3 is 2.61 bits per heavy atom. The highest BCUT2D eigenvalue weighted by atomic mass is 32.2. The maximum Gasteiger partial charge on any atom is 0.288 e. The fourth-order valence-electron chi connectivity index (χ4n) is 2.67. The van der Waals surface area contributed by atoms with Crippen LogP contribution in [0.2, 0.25) is 0 Å². The molecule has 2 aromatic carbocycles. The van der Waals surface area contributed by atoms with E-state index in [2.05, 4.69) is 15.6 Å². The normalized spacial score (nSPS) is 12.3. The molecule has 9 heteroatoms. The molecular weight excluding hydrogens is 386 g/mol. The number of hydrogen-bond acceptors (Lipinski definition) is 5. The molecule has 0 bridgehead atoms. The van der Waals surface area contributed by atoms with Crippen molar-refractivity contribution in [1.82, 2.24) is 9.55 Å². The molecule has 0 aliphatic rings. The molecule has 1 atom stereocenters. The van der Waals surface area contributed by atoms with Gasteiger partial charge < -0.3 is 20.3 Å². The van der Waals surface area contributed by atoms with Crippen LogP contribution in [0.3, 0.4) is 0 Å². The molecule has 0 saturated heterocycles. The van der Waals surface area contributed by atoms with Gasteiger partial charge in [0.1, 0.15) is 6.54 Å². The van der Waals surface area contributed by atoms with Crippen LogP contribution in [-0.2, 0) is 11.3 Å². The first kappa shape index (κ1) is 20.1. The Morgan fingerprint density at radius 1 is 1.21 bits per heavy atom. The summed E-state index contributed by atoms with van der Waals surface area (Å²) in [5, 5.41) is 15.3. The van der Waals surface area contributed by atoms with Gasteiger partial charge in [-0.3, -0.25) is 4.79 Å². The topological polar surface area (TPSA) is 79.2 Å². The number of rotatable bonds is 8. The summed E-state index contributed by atoms with van der Waals surface area (Å²) in [6.45, 7) is 1.97. The van der Waals surface area contributed by atoms with Crippen LogP contribution in [0, 0.1) is 0 Å². The molecular formula is C19H20F2N4O2S. The molecule has 1 unspecified atom stereocenters. The second-order valence-corrected chi connectivity index (χ2v) is 7.25. The summed E-state index contributed by atoms with van der Waals surface area (Å²) in [6.07, 6.45) is -0.563. The summed E-state index contributed by atoms with van der Waals surface area (Å²) >= 11 is 0.454. The number of alkyl halides is 2. The number of imidazole rings is 1. The Bertz CT molecular complexity index is 945. The van der Waals surface area contributed by atoms with E-state index in [0.29, 0.717) is 34.8 Å². The number of anilines is 2. The Labute approximate surface area is 165 Å². The number of nitrogens with one attached hydrogen (secondary N) is 2. The molecule has 0 aliphatic carbocycles. The minimum atomic E-state index is -2.48. The smallest absolute Gasteiger partial charge is 0.288 e. The van der Waals surface area contributed by atoms with Gasteiger partial charge in [0, 0.05) is 17.1 Å². The van der Waals surface area contributed by atoms with Crippen LogP contribution in [0.15, 0.2) is 53.4 Å². The van der Waals surface area contributed by atoms with Crippen molar-refractivity contribution >= 4 is 40.3 Å². The van der Waals surface area contributed by atoms with Crippen LogP contribution >= 0.6 is 11.8 Å². The summed E-state index contributed by atoms with van der Waals surface area (Å²) in [7, 11) is 0. The molecule has 148 valence electrons. The molecule has 3 rings (SSSR count). The van der Waals surface area contributed by atoms with Gasteiger partial charge in [0.05, 0.1) is 17.1 Å². The van der Waals surface area contributed by atoms with Crippen molar-refractivity contribution in [1.29, 1.82) is 0 Å². The first-order valence-electron chi connectivity index (χ1n) is 8.64. The van der Waals surface area contributed by atoms with Gasteiger partial charge in [-0.15, -0.1) is 0 Å². The van der Waals surface area contributed by atoms with Gasteiger partial charge in [-0.05, 0) is 43.3 Å². The third-order valence-corrected chi connectivity index (χ3v) is 4.60. The van der Waals surface area contributed by atoms with E-state index in [-0.39, 0.29) is 12.5 Å². The highest BCUT2D eigenvalue weighted by molar-refractivity contribution is 7.99. The van der Waals surface area contributed by atoms with Crippen LogP contribution in [0.1, 0.15) is 6.92 Å². The van der Waals surface area contributed by atoms with E-state index in [1.807, 2.05) is 24.3 Å². The molecule has 1 heterocycles. The van der Waals surface area contributed by atoms with Crippen LogP contribution in [0.5, 0.6) is 0 Å². The number of carbonyl (C=O) groups is 1. The summed E-state index contributed by atoms with van der Waals surface area (Å²) in [5.41, 5.74) is 2.04. The fourth-order valence-corrected chi connectivity index (χ4v) is 3.17. The molecule has 6 nitrogen and oxygen atoms in total. The number of hydrogen-bond donors (Lipinski definition) is 3. The number of para-hydroxylation sites is 2. The summed E-state index contributed by atoms with van der Waals surface area (Å²) in [5.74, 6) is -2.28. The monoisotopic (exact) mass is 406 g/mol. The Hall–Kier alpha value is -2.65. The van der Waals surface area contributed by atoms with Crippen molar-refractivity contribution in [3.63, 3.8) is 0 Å². The molecule has 0 spiro atoms. The predicted octanol–water partition coefficient (Wildman–Crippen LogP) is 3.78. The summed E-state index contributed by atoms with van der Waals surface area (Å²) < 4.78 is 26.5. The van der Waals surface area contributed by atoms with Gasteiger partial charge in [0.15, 0.2) is 0 Å². The number of benzene rings is 2. The van der Waals surface area contributed by atoms with Gasteiger partial charge in [-0.2, -0.15) is 8.78 Å². The third-order valence-electron chi connectivity index (χ3n) is 3.88. The highest BCUT2D eigenvalue weighted by Gasteiger charge is 2.14. The van der Waals surface area contributed by atoms with E-state index in [1.54, 1.807) is 23.6 Å². The first-order chi connectivity index (χ1) is 13.4. The van der Waals surface area contributed by atoms with Crippen LogP contribution in [0.4, 0.5) is 20.4 Å². The number of fused-ring (bicyclic) bond motifs is 1. The maximum absolute atomic E-state index is 12.5. The standard InChI is InChI=1S/C19H20F2N4O2S/c1-12(26)10-22-19-24-15-4-2-3-5-16(15)25(19)11-17(27)23-13-6-8-14(9-7-13)28-18(20)21/h2-9,12,18,26H,10-11H2,1H3,(H,22,24)(H,23,27). The van der Waals surface area contributed by atoms with Crippen LogP contribution < -0.4 is 10.6 Å². The molecule has 0 radical (unpaired) electrons. The second-order valence-electron chi connectivity index (χ2n) is 6.19. The minimum absolute atomic E-state index is 0.0101. The molecule has 0 saturated carbocycles. The second kappa shape index (κ2) is 9.03. The number of amides is 1. The zero-order valence-electron chi connectivity index (χ0n) is 15.1. The molecule has 1 aromatic heterocycles. The van der Waals surface area contributed by atoms with Crippen molar-refractivity contribution in [2.45, 2.75) is 30.2 Å². The van der Waals surface area contributed by atoms with E-state index in [0.717, 1.165) is 11.0 Å². The molecule has 0 fully saturated rings. The first-order valence-corrected chi connectivity index (χ1v) is 9.52. The Kier molecular flexibility index (Phi) is 6.48. The fraction of sp³-hybridized carbons (Fsp3) is 0.263. The Morgan fingerprint density at radius 2 is 1.93 bits per heavy atom. The van der Waals surface area contributed by atoms with Crippen molar-refractivity contribution < 1.29 is 18.7 Å². The molecule has 28 heavy (non-hydrogen) atoms. The number of aliphatic hydroxyl groups is 1. The molecule has 1 amide bonds. The van der Waals surface area contributed by atoms with Gasteiger partial charge in [-0.1, -0.05) is 23.9 Å². The van der Waals surface area contributed by atoms with Crippen LogP contribution in [0.25, 0.3) is 11.0 Å². The zero-order valence-corrected chi connectivity index (χ0v) is 15.9. The lowest BCUT2D eigenvalue weighted by molar-refractivity contribution is -0.116. The van der Waals surface area contributed by atoms with Crippen molar-refractivity contribution in [2.24, 2.45) is 0 Å². The third kappa shape index (κ3) is 5.20. The molecule has 0 aliphatic heterocycles. The lowest BCUT2D eigenvalue weighted by atomic mass is 10.3. The number of halogens is 2. The van der Waals surface area contributed by atoms with E-state index < -0.39 is 11.9 Å². The zero-order chi connectivity index (χ0) is 20.1. The Balaban J connectivity index is 1.74. The highest BCUT2D eigenvalue weighted by Crippen LogP contribution is 2.26. The number of aliphatic hydroxyl groups excluding tert-OH is 1. The van der Waals surface area contributed by atoms with Crippen molar-refractivity contribution in [3.8, 4) is 0 Å². The van der Waals surface area contributed by atoms with Gasteiger partial charge in [-0.25, -0.2) is 4.98 Å². The lowest BCUT2D eigenvalue weighted by Crippen LogP contribution is -2.22. The average molecular weight is 406 g/mol. The van der Waals surface area contributed by atoms with Gasteiger partial charge in [0.25, 0.3) is 5.76 Å². The van der Waals surface area contributed by atoms with Crippen molar-refractivity contribution in [3.05, 3.63) is 48.5 Å². The van der Waals surface area contributed by atoms with Gasteiger partial charge in [0.2, 0.25) is 11.9 Å². The average Bonchev–Trinajstić information content (AvgIpc) is 2.99. The van der Waals surface area contributed by atoms with Crippen molar-refractivity contribution in [2.75, 3.05) is 17.2 Å². The number of nitrogens with zero attached hydrogens (tertiary/aromatic N) is 2. The quantitative estimate of drug-likeness (QED) is 0.496. The van der Waals surface area contributed by atoms with E-state index in [1.165, 1.54) is 12.1 Å². The summed E-state index contributed by atoms with van der Waals surface area (Å²) in [4.78, 5) is 17.4. The van der Waals surface area contributed by atoms with E-state index in [4.69, 9.17) is 0 Å². The number of aromatic nitrogens is 2. The lowest BCUT2D eigenvalue weighted by Gasteiger charge is -2.12. The summed E-state index contributed by atoms with van der Waals surface area (Å²) in [6, 6.07) is 13.7. The number of thioether (sulfide) groups is 1. The van der Waals surface area contributed by atoms with E-state index in [9.17, 15) is 18.7 Å². The molecule has 3 aromatic rings. The minimum Gasteiger partial charge on any atom is -0.392 e. The predicted molar refractivity (Wildman–Crippen MR) is 107 cm³/mol. The molecule has 3 N–H and O–H groups in total. The van der Waals surface area contributed by atoms with Gasteiger partial charge >= 0.3 is 0 Å². The number of carbonyl (C=O) groups excluding carboxylic acids is 1. The SMILES string of the molecule is CC(O)CNc1nc2ccccc2n1CC(=O)Nc1ccc(SC(F)F)cc1. The van der Waals surface area contributed by atoms with E-state index >= 15 is 0 Å². The van der Waals surface area contributed by atoms with Crippen LogP contribution in [-0.4, -0.2) is 39.0 Å².